The molecule has 1 saturated carbocycles. The molecule has 0 aliphatic heterocycles. The summed E-state index contributed by atoms with van der Waals surface area (Å²) in [5.41, 5.74) is 0.519. The van der Waals surface area contributed by atoms with E-state index in [1.54, 1.807) is 0 Å². The monoisotopic (exact) mass is 283 g/mol. The van der Waals surface area contributed by atoms with Crippen molar-refractivity contribution in [2.75, 3.05) is 46.8 Å². The van der Waals surface area contributed by atoms with Crippen LogP contribution in [0, 0.1) is 5.41 Å². The van der Waals surface area contributed by atoms with Crippen molar-refractivity contribution in [1.29, 1.82) is 0 Å². The van der Waals surface area contributed by atoms with Crippen molar-refractivity contribution in [3.63, 3.8) is 0 Å². The van der Waals surface area contributed by atoms with Crippen molar-refractivity contribution < 1.29 is 0 Å². The second-order valence-corrected chi connectivity index (χ2v) is 7.02. The normalized spacial score (nSPS) is 20.6. The summed E-state index contributed by atoms with van der Waals surface area (Å²) in [5.74, 6) is 0. The van der Waals surface area contributed by atoms with Crippen LogP contribution in [0.15, 0.2) is 0 Å². The van der Waals surface area contributed by atoms with Crippen LogP contribution in [0.25, 0.3) is 0 Å². The highest BCUT2D eigenvalue weighted by Gasteiger charge is 2.34. The molecule has 1 aliphatic rings. The number of rotatable bonds is 9. The first-order chi connectivity index (χ1) is 9.53. The topological polar surface area (TPSA) is 18.5 Å². The van der Waals surface area contributed by atoms with E-state index in [-0.39, 0.29) is 0 Å². The SMILES string of the molecule is CCNCC1(CN(CC)C(C)CN(C)C)CCCCC1. The molecule has 1 aliphatic carbocycles. The van der Waals surface area contributed by atoms with Gasteiger partial charge >= 0.3 is 0 Å². The van der Waals surface area contributed by atoms with Crippen LogP contribution in [0.1, 0.15) is 52.9 Å². The van der Waals surface area contributed by atoms with E-state index in [2.05, 4.69) is 50.0 Å². The molecule has 0 aromatic rings. The Morgan fingerprint density at radius 2 is 1.75 bits per heavy atom. The van der Waals surface area contributed by atoms with E-state index in [4.69, 9.17) is 0 Å². The molecule has 3 heteroatoms. The van der Waals surface area contributed by atoms with Gasteiger partial charge in [-0.05, 0) is 52.4 Å². The number of likely N-dealkylation sites (N-methyl/N-ethyl adjacent to an activating group) is 2. The zero-order valence-corrected chi connectivity index (χ0v) is 14.5. The maximum atomic E-state index is 3.63. The number of hydrogen-bond acceptors (Lipinski definition) is 3. The molecule has 0 amide bonds. The Morgan fingerprint density at radius 1 is 1.10 bits per heavy atom. The van der Waals surface area contributed by atoms with E-state index >= 15 is 0 Å². The first-order valence-corrected chi connectivity index (χ1v) is 8.62. The molecule has 3 nitrogen and oxygen atoms in total. The van der Waals surface area contributed by atoms with E-state index in [0.29, 0.717) is 11.5 Å². The lowest BCUT2D eigenvalue weighted by molar-refractivity contribution is 0.0743. The zero-order valence-electron chi connectivity index (χ0n) is 14.5. The van der Waals surface area contributed by atoms with Gasteiger partial charge in [0, 0.05) is 25.7 Å². The quantitative estimate of drug-likeness (QED) is 0.702. The van der Waals surface area contributed by atoms with E-state index in [9.17, 15) is 0 Å². The Kier molecular flexibility index (Phi) is 8.08. The summed E-state index contributed by atoms with van der Waals surface area (Å²) in [6, 6.07) is 0.649. The molecule has 0 heterocycles. The summed E-state index contributed by atoms with van der Waals surface area (Å²) >= 11 is 0. The van der Waals surface area contributed by atoms with Gasteiger partial charge in [-0.15, -0.1) is 0 Å². The third-order valence-corrected chi connectivity index (χ3v) is 4.86. The number of nitrogens with one attached hydrogen (secondary N) is 1. The Morgan fingerprint density at radius 3 is 2.25 bits per heavy atom. The Balaban J connectivity index is 2.65. The van der Waals surface area contributed by atoms with E-state index in [1.807, 2.05) is 0 Å². The Labute approximate surface area is 127 Å². The van der Waals surface area contributed by atoms with Gasteiger partial charge in [-0.2, -0.15) is 0 Å². The standard InChI is InChI=1S/C17H37N3/c1-6-18-14-17(11-9-8-10-12-17)15-20(7-2)16(3)13-19(4)5/h16,18H,6-15H2,1-5H3. The molecule has 0 aromatic heterocycles. The van der Waals surface area contributed by atoms with Gasteiger partial charge in [0.1, 0.15) is 0 Å². The molecule has 1 fully saturated rings. The van der Waals surface area contributed by atoms with Gasteiger partial charge in [-0.3, -0.25) is 4.90 Å². The smallest absolute Gasteiger partial charge is 0.0194 e. The Bertz CT molecular complexity index is 247. The van der Waals surface area contributed by atoms with Gasteiger partial charge in [0.2, 0.25) is 0 Å². The van der Waals surface area contributed by atoms with Gasteiger partial charge in [-0.1, -0.05) is 33.1 Å². The maximum absolute atomic E-state index is 3.63. The molecule has 0 radical (unpaired) electrons. The molecular weight excluding hydrogens is 246 g/mol. The fraction of sp³-hybridized carbons (Fsp3) is 1.00. The zero-order chi connectivity index (χ0) is 15.0. The fourth-order valence-electron chi connectivity index (χ4n) is 3.74. The summed E-state index contributed by atoms with van der Waals surface area (Å²) in [6.07, 6.45) is 7.10. The molecule has 0 aromatic carbocycles. The van der Waals surface area contributed by atoms with Gasteiger partial charge in [-0.25, -0.2) is 0 Å². The average Bonchev–Trinajstić information content (AvgIpc) is 2.43. The van der Waals surface area contributed by atoms with Gasteiger partial charge in [0.05, 0.1) is 0 Å². The first-order valence-electron chi connectivity index (χ1n) is 8.62. The van der Waals surface area contributed by atoms with Crippen molar-refractivity contribution in [2.24, 2.45) is 5.41 Å². The average molecular weight is 284 g/mol. The maximum Gasteiger partial charge on any atom is 0.0194 e. The van der Waals surface area contributed by atoms with Crippen LogP contribution in [-0.4, -0.2) is 62.7 Å². The largest absolute Gasteiger partial charge is 0.316 e. The van der Waals surface area contributed by atoms with Crippen LogP contribution in [0.3, 0.4) is 0 Å². The highest BCUT2D eigenvalue weighted by atomic mass is 15.2. The predicted molar refractivity (Wildman–Crippen MR) is 89.3 cm³/mol. The lowest BCUT2D eigenvalue weighted by Gasteiger charge is -2.43. The highest BCUT2D eigenvalue weighted by Crippen LogP contribution is 2.37. The summed E-state index contributed by atoms with van der Waals surface area (Å²) in [6.45, 7) is 12.8. The summed E-state index contributed by atoms with van der Waals surface area (Å²) in [5, 5.41) is 3.63. The lowest BCUT2D eigenvalue weighted by Crippen LogP contribution is -2.50. The highest BCUT2D eigenvalue weighted by molar-refractivity contribution is 4.89. The molecule has 20 heavy (non-hydrogen) atoms. The molecule has 0 bridgehead atoms. The van der Waals surface area contributed by atoms with E-state index < -0.39 is 0 Å². The number of nitrogens with zero attached hydrogens (tertiary/aromatic N) is 2. The first kappa shape index (κ1) is 17.9. The van der Waals surface area contributed by atoms with E-state index in [1.165, 1.54) is 51.7 Å². The second-order valence-electron chi connectivity index (χ2n) is 7.02. The van der Waals surface area contributed by atoms with E-state index in [0.717, 1.165) is 13.1 Å². The van der Waals surface area contributed by atoms with Crippen LogP contribution in [0.5, 0.6) is 0 Å². The van der Waals surface area contributed by atoms with Gasteiger partial charge in [0.25, 0.3) is 0 Å². The third kappa shape index (κ3) is 5.71. The molecule has 0 spiro atoms. The second kappa shape index (κ2) is 9.01. The molecular formula is C17H37N3. The van der Waals surface area contributed by atoms with Crippen LogP contribution in [0.4, 0.5) is 0 Å². The molecule has 1 unspecified atom stereocenters. The summed E-state index contributed by atoms with van der Waals surface area (Å²) < 4.78 is 0. The minimum absolute atomic E-state index is 0.519. The molecule has 1 atom stereocenters. The van der Waals surface area contributed by atoms with Gasteiger partial charge in [0.15, 0.2) is 0 Å². The third-order valence-electron chi connectivity index (χ3n) is 4.86. The molecule has 1 rings (SSSR count). The van der Waals surface area contributed by atoms with Crippen LogP contribution in [-0.2, 0) is 0 Å². The van der Waals surface area contributed by atoms with Crippen LogP contribution < -0.4 is 5.32 Å². The minimum atomic E-state index is 0.519. The number of hydrogen-bond donors (Lipinski definition) is 1. The summed E-state index contributed by atoms with van der Waals surface area (Å²) in [7, 11) is 4.36. The van der Waals surface area contributed by atoms with Crippen LogP contribution >= 0.6 is 0 Å². The molecule has 0 saturated heterocycles. The predicted octanol–water partition coefficient (Wildman–Crippen LogP) is 2.82. The van der Waals surface area contributed by atoms with Crippen molar-refractivity contribution >= 4 is 0 Å². The van der Waals surface area contributed by atoms with Crippen molar-refractivity contribution in [3.8, 4) is 0 Å². The van der Waals surface area contributed by atoms with Crippen LogP contribution in [0.2, 0.25) is 0 Å². The van der Waals surface area contributed by atoms with Crippen molar-refractivity contribution in [2.45, 2.75) is 58.9 Å². The van der Waals surface area contributed by atoms with Gasteiger partial charge < -0.3 is 10.2 Å². The molecule has 120 valence electrons. The van der Waals surface area contributed by atoms with Crippen molar-refractivity contribution in [3.05, 3.63) is 0 Å². The minimum Gasteiger partial charge on any atom is -0.316 e. The lowest BCUT2D eigenvalue weighted by atomic mass is 9.73. The summed E-state index contributed by atoms with van der Waals surface area (Å²) in [4.78, 5) is 5.01. The fourth-order valence-corrected chi connectivity index (χ4v) is 3.74. The molecule has 1 N–H and O–H groups in total. The Hall–Kier alpha value is -0.120. The van der Waals surface area contributed by atoms with Crippen molar-refractivity contribution in [1.82, 2.24) is 15.1 Å².